The van der Waals surface area contributed by atoms with Crippen LogP contribution in [0.25, 0.3) is 0 Å². The molecule has 4 N–H and O–H groups in total. The van der Waals surface area contributed by atoms with Gasteiger partial charge >= 0.3 is 5.97 Å². The zero-order valence-corrected chi connectivity index (χ0v) is 39.5. The van der Waals surface area contributed by atoms with Gasteiger partial charge in [-0.3, -0.25) is 4.79 Å². The van der Waals surface area contributed by atoms with Crippen molar-refractivity contribution in [3.8, 4) is 0 Å². The Labute approximate surface area is 383 Å². The van der Waals surface area contributed by atoms with Crippen LogP contribution in [0.5, 0.6) is 0 Å². The fourth-order valence-electron chi connectivity index (χ4n) is 6.86. The molecule has 0 aromatic heterocycles. The van der Waals surface area contributed by atoms with Crippen molar-refractivity contribution < 1.29 is 44.2 Å². The monoisotopic (exact) mass is 883 g/mol. The summed E-state index contributed by atoms with van der Waals surface area (Å²) in [6.07, 6.45) is 54.4. The van der Waals surface area contributed by atoms with Gasteiger partial charge in [0.15, 0.2) is 6.29 Å². The summed E-state index contributed by atoms with van der Waals surface area (Å²) in [5.41, 5.74) is 0. The molecule has 0 bridgehead atoms. The van der Waals surface area contributed by atoms with Crippen molar-refractivity contribution >= 4 is 5.97 Å². The van der Waals surface area contributed by atoms with Crippen molar-refractivity contribution in [3.63, 3.8) is 0 Å². The Bertz CT molecular complexity index is 1280. The van der Waals surface area contributed by atoms with Crippen LogP contribution in [-0.4, -0.2) is 89.6 Å². The Hall–Kier alpha value is -2.89. The lowest BCUT2D eigenvalue weighted by molar-refractivity contribution is -0.305. The lowest BCUT2D eigenvalue weighted by atomic mass is 9.99. The first kappa shape index (κ1) is 58.1. The van der Waals surface area contributed by atoms with Gasteiger partial charge in [-0.1, -0.05) is 175 Å². The van der Waals surface area contributed by atoms with Gasteiger partial charge in [-0.2, -0.15) is 0 Å². The number of unbranched alkanes of at least 4 members (excludes halogenated alkanes) is 14. The highest BCUT2D eigenvalue weighted by Crippen LogP contribution is 2.22. The van der Waals surface area contributed by atoms with Crippen LogP contribution in [-0.2, 0) is 23.7 Å². The number of allylic oxidation sites excluding steroid dienone is 16. The van der Waals surface area contributed by atoms with Crippen LogP contribution >= 0.6 is 0 Å². The summed E-state index contributed by atoms with van der Waals surface area (Å²) in [5, 5.41) is 40.2. The topological polar surface area (TPSA) is 135 Å². The highest BCUT2D eigenvalue weighted by molar-refractivity contribution is 5.69. The molecule has 0 aliphatic carbocycles. The lowest BCUT2D eigenvalue weighted by Crippen LogP contribution is -2.59. The highest BCUT2D eigenvalue weighted by atomic mass is 16.7. The standard InChI is InChI=1S/C54H90O9/c1-3-5-7-9-11-13-15-17-19-20-21-22-23-24-25-26-27-28-29-30-32-34-36-38-40-42-44-60-46-48(47-61-54-53(59)52(58)51(57)49(45-55)63-54)62-50(56)43-41-39-37-35-33-31-18-16-14-12-10-8-6-4-2/h5,7,10-13,16-19,21-22,24-25,27-28,48-49,51-55,57-59H,3-4,6,8-9,14-15,20,23,26,29-47H2,1-2H3/b7-5-,12-10-,13-11-,18-16-,19-17-,22-21-,25-24-,28-27-. The van der Waals surface area contributed by atoms with Crippen molar-refractivity contribution in [3.05, 3.63) is 97.2 Å². The molecule has 9 heteroatoms. The molecule has 6 atom stereocenters. The van der Waals surface area contributed by atoms with Crippen molar-refractivity contribution in [2.45, 2.75) is 211 Å². The van der Waals surface area contributed by atoms with Crippen LogP contribution in [0, 0.1) is 0 Å². The first-order valence-electron chi connectivity index (χ1n) is 24.8. The maximum atomic E-state index is 12.8. The third-order valence-electron chi connectivity index (χ3n) is 10.7. The number of hydrogen-bond donors (Lipinski definition) is 4. The van der Waals surface area contributed by atoms with Gasteiger partial charge in [0.05, 0.1) is 19.8 Å². The van der Waals surface area contributed by atoms with E-state index in [1.54, 1.807) is 0 Å². The fraction of sp³-hybridized carbons (Fsp3) is 0.685. The van der Waals surface area contributed by atoms with Crippen molar-refractivity contribution in [1.82, 2.24) is 0 Å². The number of hydrogen-bond acceptors (Lipinski definition) is 9. The summed E-state index contributed by atoms with van der Waals surface area (Å²) in [5.74, 6) is -0.336. The molecule has 0 radical (unpaired) electrons. The molecule has 1 aliphatic heterocycles. The Morgan fingerprint density at radius 3 is 1.46 bits per heavy atom. The normalized spacial score (nSPS) is 20.5. The molecule has 0 amide bonds. The third-order valence-corrected chi connectivity index (χ3v) is 10.7. The summed E-state index contributed by atoms with van der Waals surface area (Å²) in [6, 6.07) is 0. The Morgan fingerprint density at radius 1 is 0.524 bits per heavy atom. The van der Waals surface area contributed by atoms with Gasteiger partial charge in [-0.25, -0.2) is 0 Å². The number of esters is 1. The van der Waals surface area contributed by atoms with Gasteiger partial charge in [-0.15, -0.1) is 0 Å². The Kier molecular flexibility index (Phi) is 40.9. The fourth-order valence-corrected chi connectivity index (χ4v) is 6.86. The average Bonchev–Trinajstić information content (AvgIpc) is 3.28. The lowest BCUT2D eigenvalue weighted by Gasteiger charge is -2.39. The molecule has 0 aromatic rings. The predicted molar refractivity (Wildman–Crippen MR) is 260 cm³/mol. The van der Waals surface area contributed by atoms with E-state index >= 15 is 0 Å². The van der Waals surface area contributed by atoms with Crippen LogP contribution < -0.4 is 0 Å². The zero-order chi connectivity index (χ0) is 45.7. The van der Waals surface area contributed by atoms with E-state index in [-0.39, 0.29) is 19.2 Å². The van der Waals surface area contributed by atoms with E-state index in [1.165, 1.54) is 38.5 Å². The van der Waals surface area contributed by atoms with Crippen LogP contribution in [0.4, 0.5) is 0 Å². The number of rotatable bonds is 41. The van der Waals surface area contributed by atoms with E-state index in [0.29, 0.717) is 13.0 Å². The summed E-state index contributed by atoms with van der Waals surface area (Å²) in [6.45, 7) is 4.34. The number of aliphatic hydroxyl groups excluding tert-OH is 4. The molecule has 1 rings (SSSR count). The minimum absolute atomic E-state index is 0.125. The molecule has 1 aliphatic rings. The summed E-state index contributed by atoms with van der Waals surface area (Å²) in [7, 11) is 0. The second-order valence-electron chi connectivity index (χ2n) is 16.5. The first-order chi connectivity index (χ1) is 30.9. The van der Waals surface area contributed by atoms with Gasteiger partial charge in [0.1, 0.15) is 30.5 Å². The maximum Gasteiger partial charge on any atom is 0.306 e. The molecule has 0 aromatic carbocycles. The van der Waals surface area contributed by atoms with Gasteiger partial charge in [0, 0.05) is 13.0 Å². The average molecular weight is 883 g/mol. The summed E-state index contributed by atoms with van der Waals surface area (Å²) in [4.78, 5) is 12.8. The second kappa shape index (κ2) is 44.3. The van der Waals surface area contributed by atoms with Gasteiger partial charge < -0.3 is 39.4 Å². The zero-order valence-electron chi connectivity index (χ0n) is 39.5. The molecule has 0 saturated carbocycles. The van der Waals surface area contributed by atoms with Crippen LogP contribution in [0.1, 0.15) is 174 Å². The molecule has 6 unspecified atom stereocenters. The van der Waals surface area contributed by atoms with Crippen molar-refractivity contribution in [1.29, 1.82) is 0 Å². The minimum Gasteiger partial charge on any atom is -0.457 e. The maximum absolute atomic E-state index is 12.8. The van der Waals surface area contributed by atoms with E-state index in [0.717, 1.165) is 116 Å². The molecule has 1 saturated heterocycles. The summed E-state index contributed by atoms with van der Waals surface area (Å²) < 4.78 is 22.8. The molecular weight excluding hydrogens is 793 g/mol. The SMILES string of the molecule is CC/C=C\C/C=C\C/C=C\C/C=C\C/C=C\C/C=C\CCCCCCCCCOCC(COC1OC(CO)C(O)C(O)C1O)OC(=O)CCCCCCC/C=C\C/C=C\CCCC. The van der Waals surface area contributed by atoms with E-state index in [2.05, 4.69) is 111 Å². The van der Waals surface area contributed by atoms with Crippen LogP contribution in [0.3, 0.4) is 0 Å². The Morgan fingerprint density at radius 2 is 0.968 bits per heavy atom. The third kappa shape index (κ3) is 35.1. The predicted octanol–water partition coefficient (Wildman–Crippen LogP) is 12.0. The van der Waals surface area contributed by atoms with E-state index in [1.807, 2.05) is 0 Å². The quantitative estimate of drug-likeness (QED) is 0.0269. The number of aliphatic hydroxyl groups is 4. The van der Waals surface area contributed by atoms with Crippen molar-refractivity contribution in [2.75, 3.05) is 26.4 Å². The highest BCUT2D eigenvalue weighted by Gasteiger charge is 2.44. The molecule has 1 heterocycles. The van der Waals surface area contributed by atoms with E-state index in [9.17, 15) is 25.2 Å². The summed E-state index contributed by atoms with van der Waals surface area (Å²) >= 11 is 0. The number of carbonyl (C=O) groups is 1. The number of ether oxygens (including phenoxy) is 4. The molecule has 1 fully saturated rings. The van der Waals surface area contributed by atoms with Crippen molar-refractivity contribution in [2.24, 2.45) is 0 Å². The van der Waals surface area contributed by atoms with Crippen LogP contribution in [0.2, 0.25) is 0 Å². The Balaban J connectivity index is 2.22. The smallest absolute Gasteiger partial charge is 0.306 e. The first-order valence-corrected chi connectivity index (χ1v) is 24.8. The van der Waals surface area contributed by atoms with Crippen LogP contribution in [0.15, 0.2) is 97.2 Å². The van der Waals surface area contributed by atoms with E-state index in [4.69, 9.17) is 18.9 Å². The van der Waals surface area contributed by atoms with Gasteiger partial charge in [0.2, 0.25) is 0 Å². The van der Waals surface area contributed by atoms with E-state index < -0.39 is 43.4 Å². The minimum atomic E-state index is -1.55. The molecule has 9 nitrogen and oxygen atoms in total. The molecule has 0 spiro atoms. The second-order valence-corrected chi connectivity index (χ2v) is 16.5. The molecule has 360 valence electrons. The van der Waals surface area contributed by atoms with Gasteiger partial charge in [-0.05, 0) is 89.9 Å². The molecular formula is C54H90O9. The molecule has 63 heavy (non-hydrogen) atoms. The van der Waals surface area contributed by atoms with Gasteiger partial charge in [0.25, 0.3) is 0 Å². The largest absolute Gasteiger partial charge is 0.457 e. The number of carbonyl (C=O) groups excluding carboxylic acids is 1.